The van der Waals surface area contributed by atoms with Crippen LogP contribution in [0.2, 0.25) is 0 Å². The number of ether oxygens (including phenoxy) is 2. The van der Waals surface area contributed by atoms with Crippen LogP contribution in [-0.2, 0) is 16.0 Å². The molecule has 1 heterocycles. The van der Waals surface area contributed by atoms with E-state index in [0.717, 1.165) is 11.4 Å². The van der Waals surface area contributed by atoms with E-state index in [4.69, 9.17) is 9.47 Å². The van der Waals surface area contributed by atoms with Gasteiger partial charge in [-0.15, -0.1) is 5.10 Å². The van der Waals surface area contributed by atoms with Gasteiger partial charge in [-0.25, -0.2) is 9.48 Å². The van der Waals surface area contributed by atoms with Gasteiger partial charge in [0.1, 0.15) is 11.8 Å². The maximum absolute atomic E-state index is 12.6. The molecule has 1 unspecified atom stereocenters. The molecule has 1 aromatic carbocycles. The van der Waals surface area contributed by atoms with Crippen molar-refractivity contribution in [2.45, 2.75) is 45.8 Å². The molecule has 0 aliphatic carbocycles. The second kappa shape index (κ2) is 9.84. The van der Waals surface area contributed by atoms with Gasteiger partial charge in [0.05, 0.1) is 17.5 Å². The molecule has 0 aliphatic heterocycles. The van der Waals surface area contributed by atoms with E-state index in [1.54, 1.807) is 4.68 Å². The molecule has 0 saturated carbocycles. The number of aliphatic carboxylic acids is 1. The number of aromatic nitrogens is 3. The first-order valence-corrected chi connectivity index (χ1v) is 9.11. The Hall–Kier alpha value is -2.94. The quantitative estimate of drug-likeness (QED) is 0.636. The summed E-state index contributed by atoms with van der Waals surface area (Å²) >= 11 is 0. The first-order valence-electron chi connectivity index (χ1n) is 9.11. The van der Waals surface area contributed by atoms with Crippen LogP contribution >= 0.6 is 0 Å². The largest absolute Gasteiger partial charge is 0.491 e. The highest BCUT2D eigenvalue weighted by atomic mass is 16.5. The minimum absolute atomic E-state index is 0.0685. The van der Waals surface area contributed by atoms with Gasteiger partial charge in [0.25, 0.3) is 5.91 Å². The first kappa shape index (κ1) is 21.4. The normalized spacial score (nSPS) is 12.0. The lowest BCUT2D eigenvalue weighted by molar-refractivity contribution is -0.139. The molecule has 9 nitrogen and oxygen atoms in total. The van der Waals surface area contributed by atoms with Crippen molar-refractivity contribution in [2.24, 2.45) is 0 Å². The van der Waals surface area contributed by atoms with Crippen LogP contribution in [-0.4, -0.2) is 57.8 Å². The second-order valence-corrected chi connectivity index (χ2v) is 6.46. The number of rotatable bonds is 10. The molecule has 1 amide bonds. The van der Waals surface area contributed by atoms with Crippen LogP contribution in [0.25, 0.3) is 5.69 Å². The van der Waals surface area contributed by atoms with Crippen molar-refractivity contribution in [3.63, 3.8) is 0 Å². The summed E-state index contributed by atoms with van der Waals surface area (Å²) in [4.78, 5) is 23.9. The van der Waals surface area contributed by atoms with Crippen molar-refractivity contribution in [1.29, 1.82) is 0 Å². The SMILES string of the molecule is CCc1c(C(=O)NC(CCOC)C(=O)O)nnn1-c1ccc(OC(C)C)cc1. The van der Waals surface area contributed by atoms with E-state index < -0.39 is 17.9 Å². The summed E-state index contributed by atoms with van der Waals surface area (Å²) in [6.07, 6.45) is 0.722. The lowest BCUT2D eigenvalue weighted by Gasteiger charge is -2.14. The lowest BCUT2D eigenvalue weighted by Crippen LogP contribution is -2.42. The molecule has 0 radical (unpaired) electrons. The van der Waals surface area contributed by atoms with Crippen molar-refractivity contribution in [2.75, 3.05) is 13.7 Å². The van der Waals surface area contributed by atoms with Crippen molar-refractivity contribution in [3.05, 3.63) is 35.7 Å². The Kier molecular flexibility index (Phi) is 7.51. The van der Waals surface area contributed by atoms with E-state index in [9.17, 15) is 14.7 Å². The third kappa shape index (κ3) is 5.29. The summed E-state index contributed by atoms with van der Waals surface area (Å²) in [6, 6.07) is 6.23. The highest BCUT2D eigenvalue weighted by Gasteiger charge is 2.25. The fraction of sp³-hybridized carbons (Fsp3) is 0.474. The van der Waals surface area contributed by atoms with Gasteiger partial charge in [0.2, 0.25) is 0 Å². The molecule has 2 N–H and O–H groups in total. The number of carboxylic acid groups (broad SMARTS) is 1. The number of amides is 1. The maximum Gasteiger partial charge on any atom is 0.326 e. The molecule has 0 spiro atoms. The van der Waals surface area contributed by atoms with Gasteiger partial charge in [-0.1, -0.05) is 12.1 Å². The molecule has 2 rings (SSSR count). The van der Waals surface area contributed by atoms with Crippen LogP contribution in [0.4, 0.5) is 0 Å². The van der Waals surface area contributed by atoms with Crippen molar-refractivity contribution in [1.82, 2.24) is 20.3 Å². The zero-order valence-electron chi connectivity index (χ0n) is 16.5. The van der Waals surface area contributed by atoms with E-state index in [1.165, 1.54) is 7.11 Å². The van der Waals surface area contributed by atoms with E-state index in [0.29, 0.717) is 12.1 Å². The van der Waals surface area contributed by atoms with Crippen molar-refractivity contribution < 1.29 is 24.2 Å². The number of methoxy groups -OCH3 is 1. The van der Waals surface area contributed by atoms with E-state index >= 15 is 0 Å². The molecule has 1 atom stereocenters. The summed E-state index contributed by atoms with van der Waals surface area (Å²) in [6.45, 7) is 5.99. The van der Waals surface area contributed by atoms with Gasteiger partial charge in [-0.2, -0.15) is 0 Å². The van der Waals surface area contributed by atoms with Crippen molar-refractivity contribution >= 4 is 11.9 Å². The molecule has 2 aromatic rings. The molecule has 0 aliphatic rings. The van der Waals surface area contributed by atoms with Crippen LogP contribution in [0.5, 0.6) is 5.75 Å². The van der Waals surface area contributed by atoms with Crippen molar-refractivity contribution in [3.8, 4) is 11.4 Å². The lowest BCUT2D eigenvalue weighted by atomic mass is 10.2. The van der Waals surface area contributed by atoms with Gasteiger partial charge in [-0.3, -0.25) is 4.79 Å². The van der Waals surface area contributed by atoms with Gasteiger partial charge in [-0.05, 0) is 44.5 Å². The smallest absolute Gasteiger partial charge is 0.326 e. The molecule has 0 fully saturated rings. The topological polar surface area (TPSA) is 116 Å². The van der Waals surface area contributed by atoms with Crippen LogP contribution in [0.1, 0.15) is 43.4 Å². The summed E-state index contributed by atoms with van der Waals surface area (Å²) < 4.78 is 12.1. The number of hydrogen-bond acceptors (Lipinski definition) is 6. The fourth-order valence-corrected chi connectivity index (χ4v) is 2.66. The van der Waals surface area contributed by atoms with E-state index in [2.05, 4.69) is 15.6 Å². The van der Waals surface area contributed by atoms with Gasteiger partial charge >= 0.3 is 5.97 Å². The third-order valence-corrected chi connectivity index (χ3v) is 3.98. The minimum atomic E-state index is -1.13. The third-order valence-electron chi connectivity index (χ3n) is 3.98. The predicted octanol–water partition coefficient (Wildman–Crippen LogP) is 1.84. The van der Waals surface area contributed by atoms with Crippen LogP contribution < -0.4 is 10.1 Å². The Morgan fingerprint density at radius 2 is 1.93 bits per heavy atom. The van der Waals surface area contributed by atoms with E-state index in [1.807, 2.05) is 45.0 Å². The number of benzene rings is 1. The number of carbonyl (C=O) groups excluding carboxylic acids is 1. The zero-order chi connectivity index (χ0) is 20.7. The van der Waals surface area contributed by atoms with Crippen LogP contribution in [0.15, 0.2) is 24.3 Å². The Morgan fingerprint density at radius 3 is 2.46 bits per heavy atom. The molecular formula is C19H26N4O5. The molecule has 1 aromatic heterocycles. The number of nitrogens with one attached hydrogen (secondary N) is 1. The summed E-state index contributed by atoms with van der Waals surface area (Å²) in [7, 11) is 1.47. The average molecular weight is 390 g/mol. The summed E-state index contributed by atoms with van der Waals surface area (Å²) in [5, 5.41) is 19.8. The number of carbonyl (C=O) groups is 2. The monoisotopic (exact) mass is 390 g/mol. The van der Waals surface area contributed by atoms with E-state index in [-0.39, 0.29) is 24.8 Å². The fourth-order valence-electron chi connectivity index (χ4n) is 2.66. The highest BCUT2D eigenvalue weighted by molar-refractivity contribution is 5.95. The molecular weight excluding hydrogens is 364 g/mol. The summed E-state index contributed by atoms with van der Waals surface area (Å²) in [5.74, 6) is -0.972. The molecule has 0 bridgehead atoms. The molecule has 9 heteroatoms. The predicted molar refractivity (Wildman–Crippen MR) is 102 cm³/mol. The zero-order valence-corrected chi connectivity index (χ0v) is 16.5. The van der Waals surface area contributed by atoms with Gasteiger partial charge < -0.3 is 19.9 Å². The minimum Gasteiger partial charge on any atom is -0.491 e. The van der Waals surface area contributed by atoms with Crippen LogP contribution in [0.3, 0.4) is 0 Å². The standard InChI is InChI=1S/C19H26N4O5/c1-5-16-17(18(24)20-15(19(25)26)10-11-27-4)21-22-23(16)13-6-8-14(9-7-13)28-12(2)3/h6-9,12,15H,5,10-11H2,1-4H3,(H,20,24)(H,25,26). The molecule has 152 valence electrons. The number of carboxylic acids is 1. The highest BCUT2D eigenvalue weighted by Crippen LogP contribution is 2.19. The Morgan fingerprint density at radius 1 is 1.25 bits per heavy atom. The van der Waals surface area contributed by atoms with Crippen LogP contribution in [0, 0.1) is 0 Å². The van der Waals surface area contributed by atoms with Gasteiger partial charge in [0.15, 0.2) is 5.69 Å². The number of hydrogen-bond donors (Lipinski definition) is 2. The maximum atomic E-state index is 12.6. The summed E-state index contributed by atoms with van der Waals surface area (Å²) in [5.41, 5.74) is 1.42. The second-order valence-electron chi connectivity index (χ2n) is 6.46. The average Bonchev–Trinajstić information content (AvgIpc) is 3.09. The Labute approximate surface area is 163 Å². The molecule has 28 heavy (non-hydrogen) atoms. The van der Waals surface area contributed by atoms with Gasteiger partial charge in [0, 0.05) is 20.1 Å². The Bertz CT molecular complexity index is 801. The Balaban J connectivity index is 2.22. The number of nitrogens with zero attached hydrogens (tertiary/aromatic N) is 3. The molecule has 0 saturated heterocycles. The first-order chi connectivity index (χ1) is 13.4.